The first-order valence-corrected chi connectivity index (χ1v) is 8.57. The number of benzene rings is 1. The minimum absolute atomic E-state index is 0.452. The van der Waals surface area contributed by atoms with Gasteiger partial charge in [0.25, 0.3) is 0 Å². The van der Waals surface area contributed by atoms with Gasteiger partial charge in [0.2, 0.25) is 0 Å². The fourth-order valence-corrected chi connectivity index (χ4v) is 3.08. The zero-order chi connectivity index (χ0) is 15.9. The molecule has 0 spiro atoms. The number of rotatable bonds is 2. The maximum Gasteiger partial charge on any atom is 0.189 e. The van der Waals surface area contributed by atoms with Crippen LogP contribution < -0.4 is 21.5 Å². The van der Waals surface area contributed by atoms with Crippen LogP contribution in [0.15, 0.2) is 24.3 Å². The maximum absolute atomic E-state index is 5.32. The highest BCUT2D eigenvalue weighted by molar-refractivity contribution is 7.80. The van der Waals surface area contributed by atoms with Crippen LogP contribution in [0.25, 0.3) is 0 Å². The van der Waals surface area contributed by atoms with Crippen LogP contribution >= 0.6 is 24.4 Å². The van der Waals surface area contributed by atoms with Gasteiger partial charge in [-0.05, 0) is 61.7 Å². The first kappa shape index (κ1) is 17.0. The van der Waals surface area contributed by atoms with Crippen molar-refractivity contribution in [3.8, 4) is 0 Å². The molecule has 0 heterocycles. The van der Waals surface area contributed by atoms with E-state index in [1.807, 2.05) is 31.2 Å². The zero-order valence-corrected chi connectivity index (χ0v) is 14.7. The molecule has 0 aromatic heterocycles. The standard InChI is InChI=1S/C16H24N4S2/c1-11-7-3-5-9-13(11)17-15(21)19-20-16(22)18-14-10-6-4-8-12(14)2/h3,5,7,9,12,14H,4,6,8,10H2,1-2H3,(H2,17,19,21)(H2,18,20,22)/t12-,14+/m0/s1. The predicted molar refractivity (Wildman–Crippen MR) is 101 cm³/mol. The topological polar surface area (TPSA) is 48.1 Å². The lowest BCUT2D eigenvalue weighted by molar-refractivity contribution is 0.308. The smallest absolute Gasteiger partial charge is 0.189 e. The second-order valence-electron chi connectivity index (χ2n) is 5.86. The molecule has 4 N–H and O–H groups in total. The van der Waals surface area contributed by atoms with E-state index in [9.17, 15) is 0 Å². The molecule has 0 aliphatic heterocycles. The number of hydrogen-bond donors (Lipinski definition) is 4. The molecule has 1 aromatic rings. The van der Waals surface area contributed by atoms with E-state index in [1.54, 1.807) is 0 Å². The van der Waals surface area contributed by atoms with Gasteiger partial charge in [0, 0.05) is 11.7 Å². The van der Waals surface area contributed by atoms with Crippen molar-refractivity contribution in [1.82, 2.24) is 16.2 Å². The average Bonchev–Trinajstić information content (AvgIpc) is 2.50. The zero-order valence-electron chi connectivity index (χ0n) is 13.1. The third kappa shape index (κ3) is 5.10. The summed E-state index contributed by atoms with van der Waals surface area (Å²) in [6.45, 7) is 4.31. The van der Waals surface area contributed by atoms with Crippen LogP contribution in [0, 0.1) is 12.8 Å². The van der Waals surface area contributed by atoms with Gasteiger partial charge in [-0.15, -0.1) is 0 Å². The van der Waals surface area contributed by atoms with Gasteiger partial charge in [0.15, 0.2) is 10.2 Å². The van der Waals surface area contributed by atoms with Crippen LogP contribution in [-0.4, -0.2) is 16.3 Å². The number of thiocarbonyl (C=S) groups is 2. The van der Waals surface area contributed by atoms with Crippen molar-refractivity contribution in [2.24, 2.45) is 5.92 Å². The van der Waals surface area contributed by atoms with Crippen LogP contribution in [0.3, 0.4) is 0 Å². The molecule has 0 amide bonds. The molecule has 0 unspecified atom stereocenters. The van der Waals surface area contributed by atoms with Crippen molar-refractivity contribution < 1.29 is 0 Å². The van der Waals surface area contributed by atoms with E-state index in [-0.39, 0.29) is 0 Å². The first-order chi connectivity index (χ1) is 10.6. The number of nitrogens with one attached hydrogen (secondary N) is 4. The number of hydrogen-bond acceptors (Lipinski definition) is 2. The van der Waals surface area contributed by atoms with Gasteiger partial charge in [-0.1, -0.05) is 38.0 Å². The van der Waals surface area contributed by atoms with Gasteiger partial charge in [-0.3, -0.25) is 10.9 Å². The lowest BCUT2D eigenvalue weighted by Gasteiger charge is -2.30. The fraction of sp³-hybridized carbons (Fsp3) is 0.500. The largest absolute Gasteiger partial charge is 0.358 e. The fourth-order valence-electron chi connectivity index (χ4n) is 2.72. The number of aryl methyl sites for hydroxylation is 1. The molecule has 0 bridgehead atoms. The summed E-state index contributed by atoms with van der Waals surface area (Å²) in [5, 5.41) is 7.60. The Bertz CT molecular complexity index is 533. The summed E-state index contributed by atoms with van der Waals surface area (Å²) in [7, 11) is 0. The van der Waals surface area contributed by atoms with Crippen molar-refractivity contribution in [2.45, 2.75) is 45.6 Å². The van der Waals surface area contributed by atoms with E-state index in [4.69, 9.17) is 24.4 Å². The maximum atomic E-state index is 5.32. The van der Waals surface area contributed by atoms with E-state index in [1.165, 1.54) is 25.7 Å². The van der Waals surface area contributed by atoms with E-state index >= 15 is 0 Å². The van der Waals surface area contributed by atoms with E-state index in [0.29, 0.717) is 22.2 Å². The lowest BCUT2D eigenvalue weighted by Crippen LogP contribution is -2.52. The molecule has 2 rings (SSSR count). The predicted octanol–water partition coefficient (Wildman–Crippen LogP) is 3.24. The molecule has 120 valence electrons. The van der Waals surface area contributed by atoms with Gasteiger partial charge < -0.3 is 10.6 Å². The molecule has 1 aromatic carbocycles. The monoisotopic (exact) mass is 336 g/mol. The van der Waals surface area contributed by atoms with Crippen molar-refractivity contribution in [3.63, 3.8) is 0 Å². The SMILES string of the molecule is Cc1ccccc1NC(=S)NNC(=S)N[C@@H]1CCCC[C@@H]1C. The Morgan fingerprint density at radius 3 is 2.45 bits per heavy atom. The van der Waals surface area contributed by atoms with Crippen LogP contribution in [0.5, 0.6) is 0 Å². The summed E-state index contributed by atoms with van der Waals surface area (Å²) in [5.74, 6) is 0.658. The Balaban J connectivity index is 1.74. The molecule has 4 nitrogen and oxygen atoms in total. The molecule has 0 saturated heterocycles. The van der Waals surface area contributed by atoms with Crippen LogP contribution in [0.4, 0.5) is 5.69 Å². The third-order valence-electron chi connectivity index (χ3n) is 4.11. The molecular formula is C16H24N4S2. The molecule has 2 atom stereocenters. The number of para-hydroxylation sites is 1. The Morgan fingerprint density at radius 1 is 1.05 bits per heavy atom. The summed E-state index contributed by atoms with van der Waals surface area (Å²) in [4.78, 5) is 0. The second kappa shape index (κ2) is 8.29. The molecule has 1 saturated carbocycles. The summed E-state index contributed by atoms with van der Waals surface area (Å²) < 4.78 is 0. The van der Waals surface area contributed by atoms with Gasteiger partial charge in [-0.2, -0.15) is 0 Å². The summed E-state index contributed by atoms with van der Waals surface area (Å²) in [6.07, 6.45) is 5.03. The van der Waals surface area contributed by atoms with Gasteiger partial charge in [0.05, 0.1) is 0 Å². The van der Waals surface area contributed by atoms with E-state index in [2.05, 4.69) is 28.4 Å². The third-order valence-corrected chi connectivity index (χ3v) is 4.53. The van der Waals surface area contributed by atoms with E-state index in [0.717, 1.165) is 11.3 Å². The number of hydrazine groups is 1. The van der Waals surface area contributed by atoms with Gasteiger partial charge in [-0.25, -0.2) is 0 Å². The van der Waals surface area contributed by atoms with E-state index < -0.39 is 0 Å². The van der Waals surface area contributed by atoms with Crippen molar-refractivity contribution >= 4 is 40.3 Å². The van der Waals surface area contributed by atoms with Crippen LogP contribution in [0.2, 0.25) is 0 Å². The highest BCUT2D eigenvalue weighted by Crippen LogP contribution is 2.23. The molecular weight excluding hydrogens is 312 g/mol. The quantitative estimate of drug-likeness (QED) is 0.491. The Labute approximate surface area is 143 Å². The first-order valence-electron chi connectivity index (χ1n) is 7.75. The lowest BCUT2D eigenvalue weighted by atomic mass is 9.86. The minimum Gasteiger partial charge on any atom is -0.358 e. The van der Waals surface area contributed by atoms with Crippen LogP contribution in [0.1, 0.15) is 38.2 Å². The molecule has 1 aliphatic carbocycles. The van der Waals surface area contributed by atoms with Gasteiger partial charge in [0.1, 0.15) is 0 Å². The van der Waals surface area contributed by atoms with Crippen molar-refractivity contribution in [1.29, 1.82) is 0 Å². The highest BCUT2D eigenvalue weighted by Gasteiger charge is 2.21. The minimum atomic E-state index is 0.452. The summed E-state index contributed by atoms with van der Waals surface area (Å²) >= 11 is 10.6. The van der Waals surface area contributed by atoms with Gasteiger partial charge >= 0.3 is 0 Å². The van der Waals surface area contributed by atoms with Crippen molar-refractivity contribution in [2.75, 3.05) is 5.32 Å². The molecule has 6 heteroatoms. The summed E-state index contributed by atoms with van der Waals surface area (Å²) in [6, 6.07) is 8.45. The Kier molecular flexibility index (Phi) is 6.39. The Hall–Kier alpha value is -1.40. The molecule has 22 heavy (non-hydrogen) atoms. The average molecular weight is 337 g/mol. The molecule has 1 aliphatic rings. The molecule has 0 radical (unpaired) electrons. The second-order valence-corrected chi connectivity index (χ2v) is 6.68. The van der Waals surface area contributed by atoms with Crippen molar-refractivity contribution in [3.05, 3.63) is 29.8 Å². The number of anilines is 1. The normalized spacial score (nSPS) is 20.8. The summed E-state index contributed by atoms with van der Waals surface area (Å²) in [5.41, 5.74) is 8.02. The molecule has 1 fully saturated rings. The van der Waals surface area contributed by atoms with Crippen LogP contribution in [-0.2, 0) is 0 Å². The Morgan fingerprint density at radius 2 is 1.73 bits per heavy atom. The highest BCUT2D eigenvalue weighted by atomic mass is 32.1.